The molecule has 0 bridgehead atoms. The van der Waals surface area contributed by atoms with Gasteiger partial charge in [0.25, 0.3) is 5.91 Å². The van der Waals surface area contributed by atoms with Crippen LogP contribution in [0.5, 0.6) is 0 Å². The Hall–Kier alpha value is -1.81. The van der Waals surface area contributed by atoms with Gasteiger partial charge in [0.05, 0.1) is 5.56 Å². The fourth-order valence-electron chi connectivity index (χ4n) is 1.54. The molecule has 0 saturated heterocycles. The Bertz CT molecular complexity index is 571. The Labute approximate surface area is 109 Å². The summed E-state index contributed by atoms with van der Waals surface area (Å²) in [5.41, 5.74) is 0.710. The summed E-state index contributed by atoms with van der Waals surface area (Å²) in [5.74, 6) is -0.956. The van der Waals surface area contributed by atoms with Crippen molar-refractivity contribution in [3.05, 3.63) is 59.9 Å². The number of amides is 1. The molecule has 2 aromatic carbocycles. The standard InChI is InChI=1S/C14H12FNOS/c1-18-11-6-4-5-10(9-11)16-14(17)12-7-2-3-8-13(12)15/h2-9H,1H3,(H,16,17). The lowest BCUT2D eigenvalue weighted by Crippen LogP contribution is -2.13. The maximum absolute atomic E-state index is 13.4. The predicted octanol–water partition coefficient (Wildman–Crippen LogP) is 3.80. The Morgan fingerprint density at radius 1 is 1.17 bits per heavy atom. The van der Waals surface area contributed by atoms with Crippen molar-refractivity contribution in [2.24, 2.45) is 0 Å². The molecule has 2 aromatic rings. The van der Waals surface area contributed by atoms with E-state index in [-0.39, 0.29) is 5.56 Å². The number of hydrogen-bond donors (Lipinski definition) is 1. The summed E-state index contributed by atoms with van der Waals surface area (Å²) in [5, 5.41) is 2.68. The molecular formula is C14H12FNOS. The quantitative estimate of drug-likeness (QED) is 0.851. The van der Waals surface area contributed by atoms with E-state index in [1.165, 1.54) is 12.1 Å². The monoisotopic (exact) mass is 261 g/mol. The highest BCUT2D eigenvalue weighted by atomic mass is 32.2. The molecule has 0 aliphatic carbocycles. The van der Waals surface area contributed by atoms with Gasteiger partial charge in [-0.1, -0.05) is 18.2 Å². The molecule has 0 heterocycles. The molecular weight excluding hydrogens is 249 g/mol. The van der Waals surface area contributed by atoms with Crippen LogP contribution in [0.3, 0.4) is 0 Å². The Kier molecular flexibility index (Phi) is 3.99. The number of carbonyl (C=O) groups excluding carboxylic acids is 1. The fraction of sp³-hybridized carbons (Fsp3) is 0.0714. The molecule has 0 atom stereocenters. The number of carbonyl (C=O) groups is 1. The Morgan fingerprint density at radius 2 is 1.94 bits per heavy atom. The number of anilines is 1. The number of halogens is 1. The first-order valence-corrected chi connectivity index (χ1v) is 6.63. The summed E-state index contributed by atoms with van der Waals surface area (Å²) in [6.45, 7) is 0. The summed E-state index contributed by atoms with van der Waals surface area (Å²) in [7, 11) is 0. The number of benzene rings is 2. The van der Waals surface area contributed by atoms with Crippen molar-refractivity contribution in [2.75, 3.05) is 11.6 Å². The van der Waals surface area contributed by atoms with Crippen LogP contribution in [0.25, 0.3) is 0 Å². The van der Waals surface area contributed by atoms with E-state index < -0.39 is 11.7 Å². The first-order valence-electron chi connectivity index (χ1n) is 5.40. The van der Waals surface area contributed by atoms with Gasteiger partial charge >= 0.3 is 0 Å². The smallest absolute Gasteiger partial charge is 0.258 e. The molecule has 1 amide bonds. The van der Waals surface area contributed by atoms with Crippen LogP contribution in [-0.2, 0) is 0 Å². The summed E-state index contributed by atoms with van der Waals surface area (Å²) in [6.07, 6.45) is 1.96. The molecule has 0 aliphatic heterocycles. The van der Waals surface area contributed by atoms with E-state index in [0.717, 1.165) is 4.90 Å². The second-order valence-electron chi connectivity index (χ2n) is 3.67. The van der Waals surface area contributed by atoms with Crippen LogP contribution in [0, 0.1) is 5.82 Å². The molecule has 1 N–H and O–H groups in total. The third-order valence-corrected chi connectivity index (χ3v) is 3.17. The van der Waals surface area contributed by atoms with E-state index in [1.54, 1.807) is 30.0 Å². The van der Waals surface area contributed by atoms with Crippen molar-refractivity contribution in [1.82, 2.24) is 0 Å². The molecule has 0 saturated carbocycles. The highest BCUT2D eigenvalue weighted by Gasteiger charge is 2.10. The highest BCUT2D eigenvalue weighted by molar-refractivity contribution is 7.98. The predicted molar refractivity (Wildman–Crippen MR) is 72.6 cm³/mol. The maximum atomic E-state index is 13.4. The zero-order valence-corrected chi connectivity index (χ0v) is 10.6. The molecule has 0 unspecified atom stereocenters. The van der Waals surface area contributed by atoms with Gasteiger partial charge in [-0.2, -0.15) is 0 Å². The van der Waals surface area contributed by atoms with Crippen LogP contribution in [0.4, 0.5) is 10.1 Å². The second kappa shape index (κ2) is 5.69. The number of nitrogens with one attached hydrogen (secondary N) is 1. The van der Waals surface area contributed by atoms with Gasteiger partial charge in [0.15, 0.2) is 0 Å². The Balaban J connectivity index is 2.19. The third-order valence-electron chi connectivity index (χ3n) is 2.45. The van der Waals surface area contributed by atoms with Crippen LogP contribution < -0.4 is 5.32 Å². The second-order valence-corrected chi connectivity index (χ2v) is 4.55. The first kappa shape index (κ1) is 12.6. The minimum atomic E-state index is -0.518. The third kappa shape index (κ3) is 2.90. The zero-order chi connectivity index (χ0) is 13.0. The van der Waals surface area contributed by atoms with Crippen molar-refractivity contribution in [3.8, 4) is 0 Å². The van der Waals surface area contributed by atoms with Gasteiger partial charge in [0, 0.05) is 10.6 Å². The van der Waals surface area contributed by atoms with Gasteiger partial charge in [-0.15, -0.1) is 11.8 Å². The van der Waals surface area contributed by atoms with Crippen LogP contribution in [0.1, 0.15) is 10.4 Å². The van der Waals surface area contributed by atoms with Gasteiger partial charge in [-0.25, -0.2) is 4.39 Å². The van der Waals surface area contributed by atoms with Crippen molar-refractivity contribution >= 4 is 23.4 Å². The SMILES string of the molecule is CSc1cccc(NC(=O)c2ccccc2F)c1. The van der Waals surface area contributed by atoms with Gasteiger partial charge in [-0.05, 0) is 36.6 Å². The van der Waals surface area contributed by atoms with Crippen molar-refractivity contribution < 1.29 is 9.18 Å². The van der Waals surface area contributed by atoms with Crippen molar-refractivity contribution in [3.63, 3.8) is 0 Å². The number of thioether (sulfide) groups is 1. The largest absolute Gasteiger partial charge is 0.322 e. The maximum Gasteiger partial charge on any atom is 0.258 e. The van der Waals surface area contributed by atoms with Gasteiger partial charge in [-0.3, -0.25) is 4.79 Å². The lowest BCUT2D eigenvalue weighted by Gasteiger charge is -2.07. The highest BCUT2D eigenvalue weighted by Crippen LogP contribution is 2.19. The average molecular weight is 261 g/mol. The molecule has 92 valence electrons. The summed E-state index contributed by atoms with van der Waals surface area (Å²) < 4.78 is 13.4. The van der Waals surface area contributed by atoms with E-state index in [1.807, 2.05) is 24.5 Å². The summed E-state index contributed by atoms with van der Waals surface area (Å²) in [4.78, 5) is 12.9. The minimum absolute atomic E-state index is 0.0482. The van der Waals surface area contributed by atoms with Crippen molar-refractivity contribution in [2.45, 2.75) is 4.90 Å². The van der Waals surface area contributed by atoms with Crippen LogP contribution in [0.2, 0.25) is 0 Å². The van der Waals surface area contributed by atoms with Crippen LogP contribution in [0.15, 0.2) is 53.4 Å². The molecule has 0 spiro atoms. The molecule has 0 aromatic heterocycles. The van der Waals surface area contributed by atoms with E-state index in [0.29, 0.717) is 5.69 Å². The average Bonchev–Trinajstić information content (AvgIpc) is 2.39. The first-order chi connectivity index (χ1) is 8.70. The molecule has 18 heavy (non-hydrogen) atoms. The molecule has 2 nitrogen and oxygen atoms in total. The van der Waals surface area contributed by atoms with Gasteiger partial charge < -0.3 is 5.32 Å². The van der Waals surface area contributed by atoms with Gasteiger partial charge in [0.1, 0.15) is 5.82 Å². The molecule has 0 aliphatic rings. The van der Waals surface area contributed by atoms with Crippen molar-refractivity contribution in [1.29, 1.82) is 0 Å². The van der Waals surface area contributed by atoms with E-state index in [9.17, 15) is 9.18 Å². The van der Waals surface area contributed by atoms with Crippen LogP contribution in [-0.4, -0.2) is 12.2 Å². The van der Waals surface area contributed by atoms with E-state index >= 15 is 0 Å². The molecule has 2 rings (SSSR count). The minimum Gasteiger partial charge on any atom is -0.322 e. The van der Waals surface area contributed by atoms with Gasteiger partial charge in [0.2, 0.25) is 0 Å². The Morgan fingerprint density at radius 3 is 2.67 bits per heavy atom. The van der Waals surface area contributed by atoms with E-state index in [2.05, 4.69) is 5.32 Å². The topological polar surface area (TPSA) is 29.1 Å². The normalized spacial score (nSPS) is 10.1. The summed E-state index contributed by atoms with van der Waals surface area (Å²) >= 11 is 1.58. The molecule has 4 heteroatoms. The summed E-state index contributed by atoms with van der Waals surface area (Å²) in [6, 6.07) is 13.3. The fourth-order valence-corrected chi connectivity index (χ4v) is 2.00. The lowest BCUT2D eigenvalue weighted by molar-refractivity contribution is 0.102. The number of hydrogen-bond acceptors (Lipinski definition) is 2. The lowest BCUT2D eigenvalue weighted by atomic mass is 10.2. The zero-order valence-electron chi connectivity index (χ0n) is 9.81. The van der Waals surface area contributed by atoms with Crippen LogP contribution >= 0.6 is 11.8 Å². The number of rotatable bonds is 3. The molecule has 0 radical (unpaired) electrons. The molecule has 0 fully saturated rings. The van der Waals surface area contributed by atoms with E-state index in [4.69, 9.17) is 0 Å².